The molecule has 1 amide bonds. The van der Waals surface area contributed by atoms with Crippen LogP contribution in [-0.4, -0.2) is 17.9 Å². The first-order valence-corrected chi connectivity index (χ1v) is 8.00. The summed E-state index contributed by atoms with van der Waals surface area (Å²) in [4.78, 5) is 16.8. The summed E-state index contributed by atoms with van der Waals surface area (Å²) in [7, 11) is 1.57. The summed E-state index contributed by atoms with van der Waals surface area (Å²) in [5, 5.41) is 2.54. The molecule has 0 radical (unpaired) electrons. The molecule has 0 saturated carbocycles. The van der Waals surface area contributed by atoms with E-state index >= 15 is 0 Å². The van der Waals surface area contributed by atoms with E-state index in [2.05, 4.69) is 42.9 Å². The van der Waals surface area contributed by atoms with Crippen molar-refractivity contribution in [3.8, 4) is 11.8 Å². The normalized spacial score (nSPS) is 10.8. The molecule has 2 aromatic rings. The van der Waals surface area contributed by atoms with Crippen LogP contribution in [0.2, 0.25) is 4.34 Å². The zero-order chi connectivity index (χ0) is 16.3. The summed E-state index contributed by atoms with van der Waals surface area (Å²) < 4.78 is 0.693. The van der Waals surface area contributed by atoms with E-state index < -0.39 is 0 Å². The van der Waals surface area contributed by atoms with Crippen LogP contribution in [0.3, 0.4) is 0 Å². The molecule has 0 bridgehead atoms. The van der Waals surface area contributed by atoms with Gasteiger partial charge in [0.05, 0.1) is 5.56 Å². The van der Waals surface area contributed by atoms with Crippen LogP contribution in [0.4, 0.5) is 0 Å². The van der Waals surface area contributed by atoms with Crippen molar-refractivity contribution in [1.29, 1.82) is 0 Å². The van der Waals surface area contributed by atoms with Gasteiger partial charge in [-0.05, 0) is 23.6 Å². The average molecular weight is 333 g/mol. The van der Waals surface area contributed by atoms with E-state index in [4.69, 9.17) is 11.6 Å². The molecule has 2 aromatic heterocycles. The maximum atomic E-state index is 11.6. The van der Waals surface area contributed by atoms with E-state index in [1.165, 1.54) is 4.88 Å². The predicted octanol–water partition coefficient (Wildman–Crippen LogP) is 3.85. The molecule has 2 rings (SSSR count). The quantitative estimate of drug-likeness (QED) is 0.806. The van der Waals surface area contributed by atoms with Gasteiger partial charge in [-0.25, -0.2) is 0 Å². The molecule has 22 heavy (non-hydrogen) atoms. The van der Waals surface area contributed by atoms with Crippen molar-refractivity contribution >= 4 is 28.8 Å². The standard InChI is InChI=1S/C17H17ClN2OS/c1-17(2,3)14-10-12(15(18)22-14)6-5-11-7-8-20-13(9-11)16(21)19-4/h7-10H,1-4H3,(H,19,21). The Bertz CT molecular complexity index is 763. The summed E-state index contributed by atoms with van der Waals surface area (Å²) in [6, 6.07) is 5.46. The van der Waals surface area contributed by atoms with Crippen molar-refractivity contribution < 1.29 is 4.79 Å². The highest BCUT2D eigenvalue weighted by molar-refractivity contribution is 7.16. The Morgan fingerprint density at radius 3 is 2.64 bits per heavy atom. The molecule has 0 aliphatic rings. The number of amides is 1. The smallest absolute Gasteiger partial charge is 0.269 e. The van der Waals surface area contributed by atoms with Gasteiger partial charge in [0, 0.05) is 23.7 Å². The summed E-state index contributed by atoms with van der Waals surface area (Å²) in [6.45, 7) is 6.43. The number of thiophene rings is 1. The number of nitrogens with one attached hydrogen (secondary N) is 1. The Morgan fingerprint density at radius 1 is 1.32 bits per heavy atom. The topological polar surface area (TPSA) is 42.0 Å². The van der Waals surface area contributed by atoms with Crippen LogP contribution in [-0.2, 0) is 5.41 Å². The Hall–Kier alpha value is -1.83. The van der Waals surface area contributed by atoms with Crippen LogP contribution < -0.4 is 5.32 Å². The lowest BCUT2D eigenvalue weighted by atomic mass is 9.94. The van der Waals surface area contributed by atoms with Gasteiger partial charge in [0.25, 0.3) is 5.91 Å². The largest absolute Gasteiger partial charge is 0.354 e. The summed E-state index contributed by atoms with van der Waals surface area (Å²) in [5.74, 6) is 5.88. The van der Waals surface area contributed by atoms with E-state index in [0.717, 1.165) is 11.1 Å². The van der Waals surface area contributed by atoms with Crippen LogP contribution in [0.25, 0.3) is 0 Å². The van der Waals surface area contributed by atoms with E-state index in [0.29, 0.717) is 10.0 Å². The number of halogens is 1. The van der Waals surface area contributed by atoms with Gasteiger partial charge >= 0.3 is 0 Å². The highest BCUT2D eigenvalue weighted by atomic mass is 35.5. The third-order valence-electron chi connectivity index (χ3n) is 2.99. The first kappa shape index (κ1) is 16.5. The lowest BCUT2D eigenvalue weighted by Crippen LogP contribution is -2.19. The van der Waals surface area contributed by atoms with Crippen molar-refractivity contribution in [3.05, 3.63) is 50.4 Å². The molecule has 0 fully saturated rings. The summed E-state index contributed by atoms with van der Waals surface area (Å²) in [5.41, 5.74) is 1.95. The monoisotopic (exact) mass is 332 g/mol. The third kappa shape index (κ3) is 3.88. The molecule has 0 saturated heterocycles. The van der Waals surface area contributed by atoms with E-state index in [1.807, 2.05) is 6.07 Å². The second kappa shape index (κ2) is 6.51. The molecular formula is C17H17ClN2OS. The number of nitrogens with zero attached hydrogens (tertiary/aromatic N) is 1. The molecule has 0 spiro atoms. The van der Waals surface area contributed by atoms with E-state index in [-0.39, 0.29) is 11.3 Å². The van der Waals surface area contributed by atoms with Gasteiger partial charge in [-0.3, -0.25) is 9.78 Å². The van der Waals surface area contributed by atoms with Crippen molar-refractivity contribution in [1.82, 2.24) is 10.3 Å². The maximum absolute atomic E-state index is 11.6. The summed E-state index contributed by atoms with van der Waals surface area (Å²) in [6.07, 6.45) is 1.57. The maximum Gasteiger partial charge on any atom is 0.269 e. The fraction of sp³-hybridized carbons (Fsp3) is 0.294. The lowest BCUT2D eigenvalue weighted by Gasteiger charge is -2.14. The molecular weight excluding hydrogens is 316 g/mol. The Balaban J connectivity index is 2.31. The zero-order valence-electron chi connectivity index (χ0n) is 13.0. The highest BCUT2D eigenvalue weighted by Crippen LogP contribution is 2.35. The number of pyridine rings is 1. The molecule has 1 N–H and O–H groups in total. The number of carbonyl (C=O) groups is 1. The van der Waals surface area contributed by atoms with Gasteiger partial charge in [-0.15, -0.1) is 11.3 Å². The number of carbonyl (C=O) groups excluding carboxylic acids is 1. The Morgan fingerprint density at radius 2 is 2.05 bits per heavy atom. The molecule has 0 unspecified atom stereocenters. The minimum absolute atomic E-state index is 0.0529. The van der Waals surface area contributed by atoms with Crippen molar-refractivity contribution in [2.45, 2.75) is 26.2 Å². The first-order valence-electron chi connectivity index (χ1n) is 6.81. The SMILES string of the molecule is CNC(=O)c1cc(C#Cc2cc(C(C)(C)C)sc2Cl)ccn1. The molecule has 5 heteroatoms. The number of aromatic nitrogens is 1. The van der Waals surface area contributed by atoms with Gasteiger partial charge < -0.3 is 5.32 Å². The second-order valence-electron chi connectivity index (χ2n) is 5.81. The zero-order valence-corrected chi connectivity index (χ0v) is 14.5. The Kier molecular flexibility index (Phi) is 4.90. The molecule has 114 valence electrons. The van der Waals surface area contributed by atoms with Gasteiger partial charge in [0.15, 0.2) is 0 Å². The first-order chi connectivity index (χ1) is 10.3. The minimum atomic E-state index is -0.229. The highest BCUT2D eigenvalue weighted by Gasteiger charge is 2.18. The van der Waals surface area contributed by atoms with E-state index in [9.17, 15) is 4.79 Å². The van der Waals surface area contributed by atoms with Crippen molar-refractivity contribution in [2.75, 3.05) is 7.05 Å². The molecule has 0 atom stereocenters. The second-order valence-corrected chi connectivity index (χ2v) is 7.46. The average Bonchev–Trinajstić information content (AvgIpc) is 2.86. The fourth-order valence-corrected chi connectivity index (χ4v) is 2.97. The molecule has 0 aliphatic carbocycles. The fourth-order valence-electron chi connectivity index (χ4n) is 1.72. The van der Waals surface area contributed by atoms with Crippen LogP contribution >= 0.6 is 22.9 Å². The molecule has 2 heterocycles. The molecule has 0 aliphatic heterocycles. The van der Waals surface area contributed by atoms with Crippen molar-refractivity contribution in [2.24, 2.45) is 0 Å². The predicted molar refractivity (Wildman–Crippen MR) is 91.6 cm³/mol. The van der Waals surface area contributed by atoms with Crippen LogP contribution in [0.5, 0.6) is 0 Å². The lowest BCUT2D eigenvalue weighted by molar-refractivity contribution is 0.0958. The number of hydrogen-bond acceptors (Lipinski definition) is 3. The minimum Gasteiger partial charge on any atom is -0.354 e. The van der Waals surface area contributed by atoms with Gasteiger partial charge in [-0.1, -0.05) is 44.2 Å². The van der Waals surface area contributed by atoms with Gasteiger partial charge in [0.1, 0.15) is 10.0 Å². The number of rotatable bonds is 1. The van der Waals surface area contributed by atoms with E-state index in [1.54, 1.807) is 36.7 Å². The third-order valence-corrected chi connectivity index (χ3v) is 4.77. The van der Waals surface area contributed by atoms with Gasteiger partial charge in [-0.2, -0.15) is 0 Å². The van der Waals surface area contributed by atoms with Crippen LogP contribution in [0.15, 0.2) is 24.4 Å². The van der Waals surface area contributed by atoms with Gasteiger partial charge in [0.2, 0.25) is 0 Å². The van der Waals surface area contributed by atoms with Crippen LogP contribution in [0.1, 0.15) is 47.3 Å². The Labute approximate surface area is 139 Å². The van der Waals surface area contributed by atoms with Crippen molar-refractivity contribution in [3.63, 3.8) is 0 Å². The molecule has 3 nitrogen and oxygen atoms in total. The molecule has 0 aromatic carbocycles. The summed E-state index contributed by atoms with van der Waals surface area (Å²) >= 11 is 7.82. The van der Waals surface area contributed by atoms with Crippen LogP contribution in [0, 0.1) is 11.8 Å². The number of hydrogen-bond donors (Lipinski definition) is 1.